The van der Waals surface area contributed by atoms with Gasteiger partial charge in [0.05, 0.1) is 12.6 Å². The number of benzene rings is 2. The van der Waals surface area contributed by atoms with Crippen molar-refractivity contribution in [2.75, 3.05) is 26.5 Å². The molecule has 1 aromatic heterocycles. The molecule has 1 aliphatic heterocycles. The van der Waals surface area contributed by atoms with Crippen LogP contribution in [0.1, 0.15) is 38.8 Å². The number of fused-ring (bicyclic) bond motifs is 1. The van der Waals surface area contributed by atoms with Crippen molar-refractivity contribution < 1.29 is 14.6 Å². The number of H-pyrrole nitrogens is 1. The molecule has 2 aromatic carbocycles. The van der Waals surface area contributed by atoms with Crippen molar-refractivity contribution in [1.82, 2.24) is 15.1 Å². The molecule has 2 heterocycles. The minimum absolute atomic E-state index is 0.107. The lowest BCUT2D eigenvalue weighted by Gasteiger charge is -2.26. The van der Waals surface area contributed by atoms with Crippen LogP contribution in [0.3, 0.4) is 0 Å². The first-order chi connectivity index (χ1) is 14.5. The molecule has 0 spiro atoms. The Bertz CT molecular complexity index is 1070. The van der Waals surface area contributed by atoms with Crippen LogP contribution >= 0.6 is 11.8 Å². The Morgan fingerprint density at radius 3 is 2.60 bits per heavy atom. The Kier molecular flexibility index (Phi) is 5.58. The van der Waals surface area contributed by atoms with Crippen LogP contribution in [0.2, 0.25) is 0 Å². The zero-order chi connectivity index (χ0) is 21.4. The largest absolute Gasteiger partial charge is 0.507 e. The smallest absolute Gasteiger partial charge is 0.273 e. The van der Waals surface area contributed by atoms with Crippen LogP contribution in [-0.2, 0) is 4.74 Å². The predicted octanol–water partition coefficient (Wildman–Crippen LogP) is 4.31. The maximum absolute atomic E-state index is 13.2. The zero-order valence-electron chi connectivity index (χ0n) is 17.5. The van der Waals surface area contributed by atoms with E-state index in [4.69, 9.17) is 4.74 Å². The number of ether oxygens (including phenoxy) is 1. The van der Waals surface area contributed by atoms with Gasteiger partial charge in [0.25, 0.3) is 5.91 Å². The number of amides is 1. The molecule has 1 aliphatic rings. The van der Waals surface area contributed by atoms with Crippen LogP contribution < -0.4 is 0 Å². The third-order valence-electron chi connectivity index (χ3n) is 5.53. The van der Waals surface area contributed by atoms with Gasteiger partial charge in [-0.15, -0.1) is 11.8 Å². The lowest BCUT2D eigenvalue weighted by molar-refractivity contribution is 0.0677. The fourth-order valence-corrected chi connectivity index (χ4v) is 4.60. The fourth-order valence-electron chi connectivity index (χ4n) is 4.19. The monoisotopic (exact) mass is 423 g/mol. The highest BCUT2D eigenvalue weighted by atomic mass is 32.2. The van der Waals surface area contributed by atoms with E-state index in [0.717, 1.165) is 27.1 Å². The topological polar surface area (TPSA) is 78.5 Å². The molecule has 1 atom stereocenters. The van der Waals surface area contributed by atoms with Crippen molar-refractivity contribution in [1.29, 1.82) is 0 Å². The summed E-state index contributed by atoms with van der Waals surface area (Å²) in [5, 5.41) is 18.1. The van der Waals surface area contributed by atoms with Gasteiger partial charge in [-0.05, 0) is 55.0 Å². The SMILES string of the molecule is COCCN1C(=O)c2[nH]nc(-c3c(C)cc(C)cc3O)c2C1c1ccc(SC)cc1. The Labute approximate surface area is 180 Å². The van der Waals surface area contributed by atoms with E-state index in [2.05, 4.69) is 34.5 Å². The molecule has 0 radical (unpaired) electrons. The Morgan fingerprint density at radius 2 is 1.97 bits per heavy atom. The zero-order valence-corrected chi connectivity index (χ0v) is 18.3. The third-order valence-corrected chi connectivity index (χ3v) is 6.27. The number of hydrogen-bond acceptors (Lipinski definition) is 5. The summed E-state index contributed by atoms with van der Waals surface area (Å²) in [6, 6.07) is 11.7. The quantitative estimate of drug-likeness (QED) is 0.578. The molecule has 0 saturated carbocycles. The number of aromatic hydroxyl groups is 1. The number of carbonyl (C=O) groups is 1. The molecule has 2 N–H and O–H groups in total. The number of aromatic nitrogens is 2. The number of aromatic amines is 1. The number of carbonyl (C=O) groups excluding carboxylic acids is 1. The third kappa shape index (κ3) is 3.38. The van der Waals surface area contributed by atoms with Crippen molar-refractivity contribution in [3.05, 3.63) is 64.3 Å². The van der Waals surface area contributed by atoms with E-state index in [1.54, 1.807) is 24.9 Å². The van der Waals surface area contributed by atoms with Gasteiger partial charge in [-0.3, -0.25) is 9.89 Å². The number of methoxy groups -OCH3 is 1. The van der Waals surface area contributed by atoms with Gasteiger partial charge in [0.15, 0.2) is 0 Å². The molecule has 4 rings (SSSR count). The highest BCUT2D eigenvalue weighted by Gasteiger charge is 2.42. The number of thioether (sulfide) groups is 1. The summed E-state index contributed by atoms with van der Waals surface area (Å²) in [5.41, 5.74) is 5.44. The highest BCUT2D eigenvalue weighted by Crippen LogP contribution is 2.45. The minimum atomic E-state index is -0.299. The molecular formula is C23H25N3O3S. The number of aryl methyl sites for hydroxylation is 2. The summed E-state index contributed by atoms with van der Waals surface area (Å²) in [6.45, 7) is 4.79. The van der Waals surface area contributed by atoms with Crippen molar-refractivity contribution >= 4 is 17.7 Å². The van der Waals surface area contributed by atoms with Crippen molar-refractivity contribution in [2.45, 2.75) is 24.8 Å². The molecular weight excluding hydrogens is 398 g/mol. The van der Waals surface area contributed by atoms with E-state index in [1.165, 1.54) is 0 Å². The average Bonchev–Trinajstić information content (AvgIpc) is 3.25. The first-order valence-electron chi connectivity index (χ1n) is 9.79. The van der Waals surface area contributed by atoms with Crippen LogP contribution in [-0.4, -0.2) is 52.6 Å². The van der Waals surface area contributed by atoms with Gasteiger partial charge in [0.2, 0.25) is 0 Å². The maximum Gasteiger partial charge on any atom is 0.273 e. The molecule has 30 heavy (non-hydrogen) atoms. The van der Waals surface area contributed by atoms with Crippen LogP contribution in [0.15, 0.2) is 41.3 Å². The Morgan fingerprint density at radius 1 is 1.23 bits per heavy atom. The summed E-state index contributed by atoms with van der Waals surface area (Å²) >= 11 is 1.68. The number of rotatable bonds is 6. The van der Waals surface area contributed by atoms with Crippen LogP contribution in [0.25, 0.3) is 11.3 Å². The Balaban J connectivity index is 1.89. The van der Waals surface area contributed by atoms with E-state index in [0.29, 0.717) is 30.1 Å². The maximum atomic E-state index is 13.2. The van der Waals surface area contributed by atoms with E-state index in [1.807, 2.05) is 31.1 Å². The molecule has 0 fully saturated rings. The molecule has 0 bridgehead atoms. The summed E-state index contributed by atoms with van der Waals surface area (Å²) in [4.78, 5) is 16.2. The molecule has 7 heteroatoms. The molecule has 0 saturated heterocycles. The molecule has 6 nitrogen and oxygen atoms in total. The summed E-state index contributed by atoms with van der Waals surface area (Å²) in [7, 11) is 1.63. The summed E-state index contributed by atoms with van der Waals surface area (Å²) < 4.78 is 5.25. The van der Waals surface area contributed by atoms with Gasteiger partial charge < -0.3 is 14.7 Å². The van der Waals surface area contributed by atoms with Gasteiger partial charge in [0, 0.05) is 29.7 Å². The molecule has 0 aliphatic carbocycles. The van der Waals surface area contributed by atoms with Crippen molar-refractivity contribution in [3.8, 4) is 17.0 Å². The van der Waals surface area contributed by atoms with Gasteiger partial charge in [-0.2, -0.15) is 5.10 Å². The second kappa shape index (κ2) is 8.16. The molecule has 156 valence electrons. The van der Waals surface area contributed by atoms with Gasteiger partial charge in [-0.25, -0.2) is 0 Å². The van der Waals surface area contributed by atoms with E-state index < -0.39 is 0 Å². The van der Waals surface area contributed by atoms with Crippen LogP contribution in [0.4, 0.5) is 0 Å². The van der Waals surface area contributed by atoms with Crippen molar-refractivity contribution in [3.63, 3.8) is 0 Å². The number of phenolic OH excluding ortho intramolecular Hbond substituents is 1. The lowest BCUT2D eigenvalue weighted by Crippen LogP contribution is -2.32. The normalized spacial score (nSPS) is 15.7. The van der Waals surface area contributed by atoms with E-state index in [9.17, 15) is 9.90 Å². The highest BCUT2D eigenvalue weighted by molar-refractivity contribution is 7.98. The number of nitrogens with zero attached hydrogens (tertiary/aromatic N) is 2. The molecule has 1 amide bonds. The first-order valence-corrected chi connectivity index (χ1v) is 11.0. The lowest BCUT2D eigenvalue weighted by atomic mass is 9.93. The summed E-state index contributed by atoms with van der Waals surface area (Å²) in [6.07, 6.45) is 2.04. The summed E-state index contributed by atoms with van der Waals surface area (Å²) in [5.74, 6) is 0.0602. The predicted molar refractivity (Wildman–Crippen MR) is 118 cm³/mol. The molecule has 3 aromatic rings. The average molecular weight is 424 g/mol. The second-order valence-corrected chi connectivity index (χ2v) is 8.38. The first kappa shape index (κ1) is 20.5. The van der Waals surface area contributed by atoms with Gasteiger partial charge in [0.1, 0.15) is 17.1 Å². The molecule has 1 unspecified atom stereocenters. The van der Waals surface area contributed by atoms with Crippen molar-refractivity contribution in [2.24, 2.45) is 0 Å². The number of phenols is 1. The van der Waals surface area contributed by atoms with Gasteiger partial charge in [-0.1, -0.05) is 18.2 Å². The van der Waals surface area contributed by atoms with Gasteiger partial charge >= 0.3 is 0 Å². The Hall–Kier alpha value is -2.77. The number of nitrogens with one attached hydrogen (secondary N) is 1. The fraction of sp³-hybridized carbons (Fsp3) is 0.304. The standard InChI is InChI=1S/C23H25N3O3S/c1-13-11-14(2)18(17(27)12-13)20-19-21(25-24-20)23(28)26(9-10-29-3)22(19)15-5-7-16(30-4)8-6-15/h5-8,11-12,22,27H,9-10H2,1-4H3,(H,24,25). The van der Waals surface area contributed by atoms with Crippen LogP contribution in [0.5, 0.6) is 5.75 Å². The number of hydrogen-bond donors (Lipinski definition) is 2. The second-order valence-electron chi connectivity index (χ2n) is 7.50. The van der Waals surface area contributed by atoms with E-state index in [-0.39, 0.29) is 17.7 Å². The minimum Gasteiger partial charge on any atom is -0.507 e. The van der Waals surface area contributed by atoms with E-state index >= 15 is 0 Å². The van der Waals surface area contributed by atoms with Crippen LogP contribution in [0, 0.1) is 13.8 Å².